The van der Waals surface area contributed by atoms with Gasteiger partial charge in [-0.3, -0.25) is 14.3 Å². The third-order valence-corrected chi connectivity index (χ3v) is 5.17. The van der Waals surface area contributed by atoms with Crippen molar-refractivity contribution >= 4 is 35.8 Å². The summed E-state index contributed by atoms with van der Waals surface area (Å²) in [5.41, 5.74) is 0. The molecule has 2 atom stereocenters. The van der Waals surface area contributed by atoms with Crippen LogP contribution in [0.5, 0.6) is 0 Å². The van der Waals surface area contributed by atoms with Gasteiger partial charge in [-0.1, -0.05) is 11.6 Å². The second-order valence-corrected chi connectivity index (χ2v) is 7.35. The van der Waals surface area contributed by atoms with Gasteiger partial charge in [0.25, 0.3) is 0 Å². The largest absolute Gasteiger partial charge is 0.354 e. The molecule has 9 heteroatoms. The fourth-order valence-electron chi connectivity index (χ4n) is 3.56. The second kappa shape index (κ2) is 10.1. The number of hydrogen-bond donors (Lipinski definition) is 2. The topological polar surface area (TPSA) is 79.3 Å². The van der Waals surface area contributed by atoms with E-state index in [0.29, 0.717) is 30.5 Å². The Kier molecular flexibility index (Phi) is 8.18. The summed E-state index contributed by atoms with van der Waals surface area (Å²) in [6, 6.07) is -0.0396. The summed E-state index contributed by atoms with van der Waals surface area (Å²) in [5.74, 6) is 0.568. The highest BCUT2D eigenvalue weighted by Crippen LogP contribution is 2.17. The number of nitrogens with one attached hydrogen (secondary N) is 2. The standard InChI is InChI=1S/C17H26ClN5O2.ClH/c18-14-10-21-23(12-14)8-5-16(24)22-7-2-3-13(11-22)9-20-17(25)15-4-1-6-19-15;/h10,12-13,15,19H,1-9,11H2,(H,20,25);1H. The van der Waals surface area contributed by atoms with Gasteiger partial charge in [0.15, 0.2) is 0 Å². The molecule has 0 aromatic carbocycles. The molecule has 1 aromatic heterocycles. The molecule has 0 bridgehead atoms. The maximum absolute atomic E-state index is 12.4. The molecule has 3 rings (SSSR count). The third-order valence-electron chi connectivity index (χ3n) is 4.97. The Morgan fingerprint density at radius 1 is 1.35 bits per heavy atom. The van der Waals surface area contributed by atoms with Crippen LogP contribution in [0.3, 0.4) is 0 Å². The maximum Gasteiger partial charge on any atom is 0.237 e. The zero-order valence-corrected chi connectivity index (χ0v) is 16.4. The Labute approximate surface area is 165 Å². The monoisotopic (exact) mass is 403 g/mol. The Balaban J connectivity index is 0.00000243. The molecule has 146 valence electrons. The molecule has 2 amide bonds. The average molecular weight is 404 g/mol. The molecule has 26 heavy (non-hydrogen) atoms. The fraction of sp³-hybridized carbons (Fsp3) is 0.706. The van der Waals surface area contributed by atoms with Gasteiger partial charge < -0.3 is 15.5 Å². The molecule has 2 N–H and O–H groups in total. The molecular formula is C17H27Cl2N5O2. The summed E-state index contributed by atoms with van der Waals surface area (Å²) in [4.78, 5) is 26.4. The number of likely N-dealkylation sites (tertiary alicyclic amines) is 1. The van der Waals surface area contributed by atoms with Crippen LogP contribution in [-0.4, -0.2) is 58.7 Å². The lowest BCUT2D eigenvalue weighted by atomic mass is 9.97. The molecule has 7 nitrogen and oxygen atoms in total. The minimum atomic E-state index is -0.0396. The van der Waals surface area contributed by atoms with E-state index in [0.717, 1.165) is 45.3 Å². The molecule has 2 aliphatic heterocycles. The van der Waals surface area contributed by atoms with Crippen LogP contribution in [0.2, 0.25) is 5.02 Å². The Morgan fingerprint density at radius 2 is 2.19 bits per heavy atom. The van der Waals surface area contributed by atoms with Crippen LogP contribution >= 0.6 is 24.0 Å². The first-order valence-corrected chi connectivity index (χ1v) is 9.46. The Morgan fingerprint density at radius 3 is 2.88 bits per heavy atom. The number of halogens is 2. The summed E-state index contributed by atoms with van der Waals surface area (Å²) < 4.78 is 1.69. The van der Waals surface area contributed by atoms with E-state index in [-0.39, 0.29) is 30.3 Å². The first-order chi connectivity index (χ1) is 12.1. The molecule has 0 spiro atoms. The summed E-state index contributed by atoms with van der Waals surface area (Å²) in [6.45, 7) is 3.63. The van der Waals surface area contributed by atoms with E-state index in [1.807, 2.05) is 4.90 Å². The molecule has 0 aliphatic carbocycles. The predicted molar refractivity (Wildman–Crippen MR) is 102 cm³/mol. The third kappa shape index (κ3) is 5.86. The van der Waals surface area contributed by atoms with Gasteiger partial charge >= 0.3 is 0 Å². The van der Waals surface area contributed by atoms with Crippen molar-refractivity contribution < 1.29 is 9.59 Å². The van der Waals surface area contributed by atoms with E-state index in [1.54, 1.807) is 17.1 Å². The zero-order valence-electron chi connectivity index (χ0n) is 14.8. The van der Waals surface area contributed by atoms with E-state index in [9.17, 15) is 9.59 Å². The number of carbonyl (C=O) groups excluding carboxylic acids is 2. The number of piperidine rings is 1. The van der Waals surface area contributed by atoms with Crippen molar-refractivity contribution in [2.45, 2.75) is 44.7 Å². The van der Waals surface area contributed by atoms with Gasteiger partial charge in [0.1, 0.15) is 0 Å². The van der Waals surface area contributed by atoms with Gasteiger partial charge in [-0.15, -0.1) is 12.4 Å². The van der Waals surface area contributed by atoms with Crippen molar-refractivity contribution in [3.8, 4) is 0 Å². The quantitative estimate of drug-likeness (QED) is 0.753. The molecule has 2 unspecified atom stereocenters. The summed E-state index contributed by atoms with van der Waals surface area (Å²) >= 11 is 5.83. The average Bonchev–Trinajstić information content (AvgIpc) is 3.29. The van der Waals surface area contributed by atoms with Gasteiger partial charge in [0.2, 0.25) is 11.8 Å². The lowest BCUT2D eigenvalue weighted by Crippen LogP contribution is -2.46. The zero-order chi connectivity index (χ0) is 17.6. The highest BCUT2D eigenvalue weighted by atomic mass is 35.5. The van der Waals surface area contributed by atoms with Gasteiger partial charge in [-0.2, -0.15) is 5.10 Å². The van der Waals surface area contributed by atoms with Gasteiger partial charge in [0.05, 0.1) is 17.3 Å². The number of aryl methyl sites for hydroxylation is 1. The van der Waals surface area contributed by atoms with Crippen LogP contribution < -0.4 is 10.6 Å². The molecule has 1 aromatic rings. The number of carbonyl (C=O) groups is 2. The molecular weight excluding hydrogens is 377 g/mol. The minimum Gasteiger partial charge on any atom is -0.354 e. The number of nitrogens with zero attached hydrogens (tertiary/aromatic N) is 3. The van der Waals surface area contributed by atoms with Crippen molar-refractivity contribution in [3.05, 3.63) is 17.4 Å². The minimum absolute atomic E-state index is 0. The van der Waals surface area contributed by atoms with Crippen LogP contribution in [0.15, 0.2) is 12.4 Å². The van der Waals surface area contributed by atoms with Crippen LogP contribution in [-0.2, 0) is 16.1 Å². The number of hydrogen-bond acceptors (Lipinski definition) is 4. The summed E-state index contributed by atoms with van der Waals surface area (Å²) in [7, 11) is 0. The van der Waals surface area contributed by atoms with Gasteiger partial charge in [-0.05, 0) is 38.1 Å². The molecule has 2 saturated heterocycles. The first kappa shape index (κ1) is 21.0. The van der Waals surface area contributed by atoms with Gasteiger partial charge in [0, 0.05) is 38.8 Å². The lowest BCUT2D eigenvalue weighted by Gasteiger charge is -2.33. The normalized spacial score (nSPS) is 22.7. The molecule has 2 aliphatic rings. The number of aromatic nitrogens is 2. The highest BCUT2D eigenvalue weighted by Gasteiger charge is 2.26. The highest BCUT2D eigenvalue weighted by molar-refractivity contribution is 6.30. The fourth-order valence-corrected chi connectivity index (χ4v) is 3.72. The summed E-state index contributed by atoms with van der Waals surface area (Å²) in [5, 5.41) is 10.9. The Hall–Kier alpha value is -1.31. The lowest BCUT2D eigenvalue weighted by molar-refractivity contribution is -0.133. The Bertz CT molecular complexity index is 604. The summed E-state index contributed by atoms with van der Waals surface area (Å²) in [6.07, 6.45) is 7.73. The SMILES string of the molecule is Cl.O=C(NCC1CCCN(C(=O)CCn2cc(Cl)cn2)C1)C1CCCN1. The first-order valence-electron chi connectivity index (χ1n) is 9.08. The molecule has 0 radical (unpaired) electrons. The van der Waals surface area contributed by atoms with Crippen molar-refractivity contribution in [2.75, 3.05) is 26.2 Å². The van der Waals surface area contributed by atoms with E-state index in [4.69, 9.17) is 11.6 Å². The smallest absolute Gasteiger partial charge is 0.237 e. The second-order valence-electron chi connectivity index (χ2n) is 6.91. The van der Waals surface area contributed by atoms with E-state index < -0.39 is 0 Å². The van der Waals surface area contributed by atoms with Crippen molar-refractivity contribution in [1.82, 2.24) is 25.3 Å². The molecule has 3 heterocycles. The van der Waals surface area contributed by atoms with Crippen LogP contribution in [0.1, 0.15) is 32.1 Å². The van der Waals surface area contributed by atoms with Crippen molar-refractivity contribution in [1.29, 1.82) is 0 Å². The van der Waals surface area contributed by atoms with Crippen molar-refractivity contribution in [3.63, 3.8) is 0 Å². The van der Waals surface area contributed by atoms with E-state index in [1.165, 1.54) is 0 Å². The van der Waals surface area contributed by atoms with Crippen LogP contribution in [0.4, 0.5) is 0 Å². The molecule has 2 fully saturated rings. The van der Waals surface area contributed by atoms with E-state index in [2.05, 4.69) is 15.7 Å². The van der Waals surface area contributed by atoms with Crippen LogP contribution in [0, 0.1) is 5.92 Å². The predicted octanol–water partition coefficient (Wildman–Crippen LogP) is 1.46. The molecule has 0 saturated carbocycles. The maximum atomic E-state index is 12.4. The van der Waals surface area contributed by atoms with Crippen LogP contribution in [0.25, 0.3) is 0 Å². The van der Waals surface area contributed by atoms with Crippen molar-refractivity contribution in [2.24, 2.45) is 5.92 Å². The number of rotatable bonds is 6. The van der Waals surface area contributed by atoms with Gasteiger partial charge in [-0.25, -0.2) is 0 Å². The number of amides is 2. The van der Waals surface area contributed by atoms with E-state index >= 15 is 0 Å².